The molecule has 4 rings (SSSR count). The molecule has 0 aliphatic carbocycles. The van der Waals surface area contributed by atoms with Crippen LogP contribution in [0.25, 0.3) is 0 Å². The van der Waals surface area contributed by atoms with Gasteiger partial charge in [-0.3, -0.25) is 4.79 Å². The second-order valence-electron chi connectivity index (χ2n) is 7.45. The van der Waals surface area contributed by atoms with Gasteiger partial charge in [0.05, 0.1) is 0 Å². The molecule has 3 aromatic rings. The summed E-state index contributed by atoms with van der Waals surface area (Å²) in [5.74, 6) is 2.31. The van der Waals surface area contributed by atoms with Gasteiger partial charge in [0.1, 0.15) is 18.4 Å². The van der Waals surface area contributed by atoms with E-state index in [-0.39, 0.29) is 5.78 Å². The van der Waals surface area contributed by atoms with Crippen molar-refractivity contribution in [1.82, 2.24) is 14.8 Å². The zero-order chi connectivity index (χ0) is 21.8. The quantitative estimate of drug-likeness (QED) is 0.489. The van der Waals surface area contributed by atoms with E-state index in [1.807, 2.05) is 66.2 Å². The van der Waals surface area contributed by atoms with Crippen LogP contribution >= 0.6 is 11.8 Å². The Bertz CT molecular complexity index is 1110. The van der Waals surface area contributed by atoms with E-state index in [9.17, 15) is 4.79 Å². The number of rotatable bonds is 8. The molecule has 1 aliphatic rings. The lowest BCUT2D eigenvalue weighted by molar-refractivity contribution is -0.114. The van der Waals surface area contributed by atoms with E-state index < -0.39 is 6.04 Å². The maximum atomic E-state index is 12.7. The third-order valence-electron chi connectivity index (χ3n) is 5.10. The molecule has 31 heavy (non-hydrogen) atoms. The number of aromatic nitrogens is 3. The topological polar surface area (TPSA) is 69.0 Å². The van der Waals surface area contributed by atoms with Gasteiger partial charge in [-0.2, -0.15) is 4.98 Å². The number of anilines is 1. The first-order valence-corrected chi connectivity index (χ1v) is 11.4. The number of ketones is 1. The minimum Gasteiger partial charge on any atom is -0.489 e. The summed E-state index contributed by atoms with van der Waals surface area (Å²) in [6, 6.07) is 17.5. The van der Waals surface area contributed by atoms with Gasteiger partial charge in [-0.15, -0.1) is 5.10 Å². The van der Waals surface area contributed by atoms with Crippen LogP contribution in [0.2, 0.25) is 0 Å². The van der Waals surface area contributed by atoms with Crippen LogP contribution in [0.4, 0.5) is 5.95 Å². The van der Waals surface area contributed by atoms with Crippen LogP contribution in [0.5, 0.6) is 5.75 Å². The number of fused-ring (bicyclic) bond motifs is 1. The van der Waals surface area contributed by atoms with Crippen molar-refractivity contribution in [3.8, 4) is 5.75 Å². The number of thioether (sulfide) groups is 1. The number of nitrogens with zero attached hydrogens (tertiary/aromatic N) is 3. The van der Waals surface area contributed by atoms with Crippen molar-refractivity contribution >= 4 is 23.5 Å². The first kappa shape index (κ1) is 21.2. The van der Waals surface area contributed by atoms with Crippen LogP contribution in [0, 0.1) is 0 Å². The van der Waals surface area contributed by atoms with Gasteiger partial charge in [-0.25, -0.2) is 4.68 Å². The van der Waals surface area contributed by atoms with Gasteiger partial charge in [0.25, 0.3) is 0 Å². The van der Waals surface area contributed by atoms with Crippen molar-refractivity contribution in [2.24, 2.45) is 0 Å². The Labute approximate surface area is 186 Å². The van der Waals surface area contributed by atoms with Crippen LogP contribution in [-0.2, 0) is 11.4 Å². The fourth-order valence-electron chi connectivity index (χ4n) is 3.70. The summed E-state index contributed by atoms with van der Waals surface area (Å²) < 4.78 is 8.02. The smallest absolute Gasteiger partial charge is 0.227 e. The summed E-state index contributed by atoms with van der Waals surface area (Å²) >= 11 is 1.62. The van der Waals surface area contributed by atoms with E-state index in [4.69, 9.17) is 9.84 Å². The highest BCUT2D eigenvalue weighted by molar-refractivity contribution is 7.99. The highest BCUT2D eigenvalue weighted by Gasteiger charge is 2.34. The molecule has 1 atom stereocenters. The molecule has 1 aliphatic heterocycles. The van der Waals surface area contributed by atoms with Crippen molar-refractivity contribution in [1.29, 1.82) is 0 Å². The predicted octanol–water partition coefficient (Wildman–Crippen LogP) is 5.24. The van der Waals surface area contributed by atoms with E-state index >= 15 is 0 Å². The molecule has 160 valence electrons. The molecule has 6 nitrogen and oxygen atoms in total. The van der Waals surface area contributed by atoms with Gasteiger partial charge in [0.2, 0.25) is 11.1 Å². The van der Waals surface area contributed by atoms with Gasteiger partial charge in [-0.1, -0.05) is 67.2 Å². The summed E-state index contributed by atoms with van der Waals surface area (Å²) in [4.78, 5) is 17.3. The Kier molecular flexibility index (Phi) is 6.42. The second-order valence-corrected chi connectivity index (χ2v) is 8.51. The Morgan fingerprint density at radius 1 is 1.16 bits per heavy atom. The maximum absolute atomic E-state index is 12.7. The summed E-state index contributed by atoms with van der Waals surface area (Å²) in [5.41, 5.74) is 3.44. The van der Waals surface area contributed by atoms with Crippen LogP contribution in [0.3, 0.4) is 0 Å². The Morgan fingerprint density at radius 2 is 1.90 bits per heavy atom. The molecule has 7 heteroatoms. The largest absolute Gasteiger partial charge is 0.489 e. The number of Topliss-reactive ketones (excluding diaryl/α,β-unsaturated/α-hetero) is 1. The fraction of sp³-hybridized carbons (Fsp3) is 0.292. The lowest BCUT2D eigenvalue weighted by Crippen LogP contribution is -2.28. The molecular formula is C24H26N4O2S. The summed E-state index contributed by atoms with van der Waals surface area (Å²) in [5, 5.41) is 8.70. The summed E-state index contributed by atoms with van der Waals surface area (Å²) in [6.45, 7) is 6.08. The fourth-order valence-corrected chi connectivity index (χ4v) is 4.39. The average molecular weight is 435 g/mol. The number of benzene rings is 2. The molecule has 1 unspecified atom stereocenters. The normalized spacial score (nSPS) is 15.4. The summed E-state index contributed by atoms with van der Waals surface area (Å²) in [7, 11) is 0. The van der Waals surface area contributed by atoms with Gasteiger partial charge in [-0.05, 0) is 31.9 Å². The number of nitrogens with one attached hydrogen (secondary N) is 1. The Balaban J connectivity index is 1.75. The highest BCUT2D eigenvalue weighted by Crippen LogP contribution is 2.40. The molecular weight excluding hydrogens is 408 g/mol. The van der Waals surface area contributed by atoms with Crippen molar-refractivity contribution in [2.75, 3.05) is 11.1 Å². The maximum Gasteiger partial charge on any atom is 0.227 e. The minimum absolute atomic E-state index is 0.00299. The van der Waals surface area contributed by atoms with Gasteiger partial charge in [0, 0.05) is 22.6 Å². The van der Waals surface area contributed by atoms with Crippen LogP contribution < -0.4 is 10.1 Å². The number of carbonyl (C=O) groups is 1. The van der Waals surface area contributed by atoms with Crippen LogP contribution in [-0.4, -0.2) is 26.3 Å². The molecule has 1 N–H and O–H groups in total. The first-order chi connectivity index (χ1) is 15.1. The van der Waals surface area contributed by atoms with Crippen LogP contribution in [0.1, 0.15) is 44.4 Å². The molecule has 0 spiro atoms. The standard InChI is InChI=1S/C24H26N4O2S/c1-4-14-31-24-26-23-25-16(2)21(17(3)29)22(28(23)27-24)19-12-8-9-13-20(19)30-15-18-10-6-5-7-11-18/h5-13,22H,4,14-15H2,1-3H3,(H,25,26,27). The number of hydrogen-bond acceptors (Lipinski definition) is 6. The predicted molar refractivity (Wildman–Crippen MR) is 123 cm³/mol. The van der Waals surface area contributed by atoms with E-state index in [0.29, 0.717) is 23.3 Å². The average Bonchev–Trinajstić information content (AvgIpc) is 3.18. The zero-order valence-corrected chi connectivity index (χ0v) is 18.8. The Hall–Kier alpha value is -3.06. The number of ether oxygens (including phenoxy) is 1. The van der Waals surface area contributed by atoms with Crippen molar-refractivity contribution in [3.63, 3.8) is 0 Å². The van der Waals surface area contributed by atoms with Crippen molar-refractivity contribution < 1.29 is 9.53 Å². The van der Waals surface area contributed by atoms with E-state index in [0.717, 1.165) is 34.7 Å². The molecule has 0 saturated heterocycles. The molecule has 0 fully saturated rings. The van der Waals surface area contributed by atoms with Gasteiger partial charge in [0.15, 0.2) is 5.78 Å². The lowest BCUT2D eigenvalue weighted by atomic mass is 9.92. The molecule has 0 radical (unpaired) electrons. The van der Waals surface area contributed by atoms with E-state index in [2.05, 4.69) is 17.2 Å². The Morgan fingerprint density at radius 3 is 2.65 bits per heavy atom. The molecule has 0 saturated carbocycles. The number of allylic oxidation sites excluding steroid dienone is 2. The SMILES string of the molecule is CCCSc1nc2n(n1)C(c1ccccc1OCc1ccccc1)C(C(C)=O)=C(C)N2. The second kappa shape index (κ2) is 9.39. The van der Waals surface area contributed by atoms with Crippen molar-refractivity contribution in [2.45, 2.75) is 45.0 Å². The first-order valence-electron chi connectivity index (χ1n) is 10.4. The number of hydrogen-bond donors (Lipinski definition) is 1. The molecule has 2 aromatic carbocycles. The monoisotopic (exact) mass is 434 g/mol. The minimum atomic E-state index is -0.399. The molecule has 2 heterocycles. The zero-order valence-electron chi connectivity index (χ0n) is 18.0. The van der Waals surface area contributed by atoms with Crippen molar-refractivity contribution in [3.05, 3.63) is 77.0 Å². The van der Waals surface area contributed by atoms with Crippen LogP contribution in [0.15, 0.2) is 71.0 Å². The number of carbonyl (C=O) groups excluding carboxylic acids is 1. The lowest BCUT2D eigenvalue weighted by Gasteiger charge is -2.29. The summed E-state index contributed by atoms with van der Waals surface area (Å²) in [6.07, 6.45) is 1.04. The highest BCUT2D eigenvalue weighted by atomic mass is 32.2. The third kappa shape index (κ3) is 4.51. The third-order valence-corrected chi connectivity index (χ3v) is 6.14. The molecule has 0 amide bonds. The van der Waals surface area contributed by atoms with Gasteiger partial charge < -0.3 is 10.1 Å². The van der Waals surface area contributed by atoms with E-state index in [1.54, 1.807) is 18.7 Å². The van der Waals surface area contributed by atoms with Gasteiger partial charge >= 0.3 is 0 Å². The molecule has 0 bridgehead atoms. The molecule has 1 aromatic heterocycles. The number of para-hydroxylation sites is 1. The van der Waals surface area contributed by atoms with E-state index in [1.165, 1.54) is 0 Å².